The summed E-state index contributed by atoms with van der Waals surface area (Å²) in [6.07, 6.45) is 0.334. The van der Waals surface area contributed by atoms with E-state index in [4.69, 9.17) is 20.4 Å². The largest absolute Gasteiger partial charge is 0.478 e. The third-order valence-electron chi connectivity index (χ3n) is 2.70. The van der Waals surface area contributed by atoms with Gasteiger partial charge in [-0.3, -0.25) is 10.2 Å². The number of hydrogen-bond donors (Lipinski definition) is 3. The molecule has 2 rings (SSSR count). The van der Waals surface area contributed by atoms with Gasteiger partial charge in [-0.1, -0.05) is 0 Å². The molecule has 2 aliphatic rings. The van der Waals surface area contributed by atoms with Gasteiger partial charge in [0.2, 0.25) is 0 Å². The molecule has 2 aliphatic heterocycles. The predicted octanol–water partition coefficient (Wildman–Crippen LogP) is -1.06. The van der Waals surface area contributed by atoms with Gasteiger partial charge in [0.15, 0.2) is 0 Å². The normalized spacial score (nSPS) is 27.1. The summed E-state index contributed by atoms with van der Waals surface area (Å²) in [5.74, 6) is 3.37. The molecule has 4 N–H and O–H groups in total. The minimum atomic E-state index is -1.11. The summed E-state index contributed by atoms with van der Waals surface area (Å²) in [5, 5.41) is 9.12. The number of epoxide rings is 2. The topological polar surface area (TPSA) is 117 Å². The smallest absolute Gasteiger partial charge is 0.332 e. The molecule has 0 aromatic heterocycles. The number of nitrogens with one attached hydrogen (secondary N) is 1. The van der Waals surface area contributed by atoms with Crippen LogP contribution in [-0.4, -0.2) is 42.4 Å². The number of nitrogens with two attached hydrogens (primary N) is 1. The van der Waals surface area contributed by atoms with Gasteiger partial charge in [0.25, 0.3) is 5.91 Å². The molecule has 2 atom stereocenters. The number of hydrogen-bond acceptors (Lipinski definition) is 5. The monoisotopic (exact) mass is 242 g/mol. The van der Waals surface area contributed by atoms with Crippen LogP contribution in [-0.2, 0) is 19.1 Å². The average Bonchev–Trinajstić information content (AvgIpc) is 3.14. The maximum atomic E-state index is 11.6. The lowest BCUT2D eigenvalue weighted by Gasteiger charge is -2.09. The quantitative estimate of drug-likeness (QED) is 0.179. The van der Waals surface area contributed by atoms with E-state index in [0.29, 0.717) is 13.2 Å². The Morgan fingerprint density at radius 1 is 1.18 bits per heavy atom. The lowest BCUT2D eigenvalue weighted by atomic mass is 9.99. The van der Waals surface area contributed by atoms with Crippen LogP contribution < -0.4 is 11.3 Å². The van der Waals surface area contributed by atoms with Gasteiger partial charge < -0.3 is 14.6 Å². The van der Waals surface area contributed by atoms with Crippen LogP contribution in [0.5, 0.6) is 0 Å². The maximum absolute atomic E-state index is 11.6. The van der Waals surface area contributed by atoms with Gasteiger partial charge >= 0.3 is 5.97 Å². The third kappa shape index (κ3) is 3.26. The molecule has 0 aliphatic carbocycles. The first-order chi connectivity index (χ1) is 8.11. The third-order valence-corrected chi connectivity index (χ3v) is 2.70. The first-order valence-corrected chi connectivity index (χ1v) is 5.31. The van der Waals surface area contributed by atoms with Gasteiger partial charge in [-0.15, -0.1) is 0 Å². The number of hydrazine groups is 1. The summed E-state index contributed by atoms with van der Waals surface area (Å²) in [4.78, 5) is 22.7. The summed E-state index contributed by atoms with van der Waals surface area (Å²) < 4.78 is 9.99. The Morgan fingerprint density at radius 3 is 2.00 bits per heavy atom. The van der Waals surface area contributed by atoms with E-state index in [9.17, 15) is 9.59 Å². The van der Waals surface area contributed by atoms with Crippen molar-refractivity contribution in [2.45, 2.75) is 25.0 Å². The van der Waals surface area contributed by atoms with E-state index >= 15 is 0 Å². The molecule has 7 heteroatoms. The van der Waals surface area contributed by atoms with E-state index in [2.05, 4.69) is 0 Å². The molecule has 0 aromatic rings. The highest BCUT2D eigenvalue weighted by Gasteiger charge is 2.33. The Bertz CT molecular complexity index is 371. The van der Waals surface area contributed by atoms with Crippen LogP contribution in [0.25, 0.3) is 0 Å². The fourth-order valence-corrected chi connectivity index (χ4v) is 1.61. The van der Waals surface area contributed by atoms with Crippen LogP contribution in [0.1, 0.15) is 12.8 Å². The van der Waals surface area contributed by atoms with Crippen LogP contribution in [0.2, 0.25) is 0 Å². The van der Waals surface area contributed by atoms with Crippen molar-refractivity contribution in [3.8, 4) is 0 Å². The minimum Gasteiger partial charge on any atom is -0.478 e. The summed E-state index contributed by atoms with van der Waals surface area (Å²) in [6.45, 7) is 1.09. The number of carboxylic acids is 1. The van der Waals surface area contributed by atoms with Crippen molar-refractivity contribution in [1.82, 2.24) is 5.43 Å². The molecule has 17 heavy (non-hydrogen) atoms. The molecule has 2 saturated heterocycles. The maximum Gasteiger partial charge on any atom is 0.332 e. The zero-order valence-corrected chi connectivity index (χ0v) is 9.14. The Morgan fingerprint density at radius 2 is 1.65 bits per heavy atom. The second-order valence-corrected chi connectivity index (χ2v) is 4.05. The lowest BCUT2D eigenvalue weighted by molar-refractivity contribution is -0.133. The first kappa shape index (κ1) is 12.0. The molecule has 1 amide bonds. The van der Waals surface area contributed by atoms with Crippen molar-refractivity contribution >= 4 is 11.9 Å². The van der Waals surface area contributed by atoms with Crippen LogP contribution in [0.3, 0.4) is 0 Å². The van der Waals surface area contributed by atoms with E-state index < -0.39 is 11.9 Å². The van der Waals surface area contributed by atoms with Crippen LogP contribution >= 0.6 is 0 Å². The summed E-state index contributed by atoms with van der Waals surface area (Å²) in [6, 6.07) is 0. The van der Waals surface area contributed by atoms with Crippen LogP contribution in [0.15, 0.2) is 11.1 Å². The fraction of sp³-hybridized carbons (Fsp3) is 0.600. The zero-order valence-electron chi connectivity index (χ0n) is 9.14. The SMILES string of the molecule is NNC(=O)/C(CC1CO1)=C(/CC1CO1)C(=O)O. The van der Waals surface area contributed by atoms with Gasteiger partial charge in [-0.05, 0) is 0 Å². The summed E-state index contributed by atoms with van der Waals surface area (Å²) in [7, 11) is 0. The van der Waals surface area contributed by atoms with Crippen LogP contribution in [0, 0.1) is 0 Å². The van der Waals surface area contributed by atoms with E-state index in [1.165, 1.54) is 0 Å². The second-order valence-electron chi connectivity index (χ2n) is 4.05. The number of carbonyl (C=O) groups is 2. The number of ether oxygens (including phenoxy) is 2. The van der Waals surface area contributed by atoms with Crippen molar-refractivity contribution in [3.63, 3.8) is 0 Å². The second kappa shape index (κ2) is 4.82. The Labute approximate surface area is 97.5 Å². The van der Waals surface area contributed by atoms with E-state index in [1.54, 1.807) is 0 Å². The average molecular weight is 242 g/mol. The Kier molecular flexibility index (Phi) is 3.41. The number of rotatable bonds is 6. The molecule has 2 heterocycles. The van der Waals surface area contributed by atoms with Gasteiger partial charge in [-0.25, -0.2) is 10.6 Å². The molecule has 0 bridgehead atoms. The number of carboxylic acid groups (broad SMARTS) is 1. The summed E-state index contributed by atoms with van der Waals surface area (Å²) in [5.41, 5.74) is 2.21. The highest BCUT2D eigenvalue weighted by atomic mass is 16.6. The van der Waals surface area contributed by atoms with Gasteiger partial charge in [0, 0.05) is 24.0 Å². The zero-order chi connectivity index (χ0) is 12.4. The van der Waals surface area contributed by atoms with Crippen LogP contribution in [0.4, 0.5) is 0 Å². The molecule has 2 fully saturated rings. The molecule has 0 aromatic carbocycles. The number of carbonyl (C=O) groups excluding carboxylic acids is 1. The molecule has 7 nitrogen and oxygen atoms in total. The van der Waals surface area contributed by atoms with Gasteiger partial charge in [0.1, 0.15) is 0 Å². The Balaban J connectivity index is 2.20. The summed E-state index contributed by atoms with van der Waals surface area (Å²) >= 11 is 0. The van der Waals surface area contributed by atoms with Crippen molar-refractivity contribution in [1.29, 1.82) is 0 Å². The number of amides is 1. The first-order valence-electron chi connectivity index (χ1n) is 5.31. The highest BCUT2D eigenvalue weighted by molar-refractivity contribution is 6.02. The lowest BCUT2D eigenvalue weighted by Crippen LogP contribution is -2.33. The molecule has 94 valence electrons. The molecular formula is C10H14N2O5. The van der Waals surface area contributed by atoms with Crippen molar-refractivity contribution < 1.29 is 24.2 Å². The van der Waals surface area contributed by atoms with E-state index in [0.717, 1.165) is 0 Å². The van der Waals surface area contributed by atoms with Gasteiger partial charge in [-0.2, -0.15) is 0 Å². The standard InChI is InChI=1S/C10H14N2O5/c11-12-9(13)7(1-5-3-16-5)8(10(14)15)2-6-4-17-6/h5-6H,1-4,11H2,(H,12,13)(H,14,15)/b8-7-. The Hall–Kier alpha value is -1.44. The van der Waals surface area contributed by atoms with E-state index in [1.807, 2.05) is 5.43 Å². The minimum absolute atomic E-state index is 0.0611. The molecular weight excluding hydrogens is 228 g/mol. The van der Waals surface area contributed by atoms with Crippen molar-refractivity contribution in [3.05, 3.63) is 11.1 Å². The molecule has 0 saturated carbocycles. The molecule has 0 radical (unpaired) electrons. The highest BCUT2D eigenvalue weighted by Crippen LogP contribution is 2.27. The van der Waals surface area contributed by atoms with Gasteiger partial charge in [0.05, 0.1) is 25.4 Å². The van der Waals surface area contributed by atoms with Crippen molar-refractivity contribution in [2.24, 2.45) is 5.84 Å². The van der Waals surface area contributed by atoms with E-state index in [-0.39, 0.29) is 36.2 Å². The van der Waals surface area contributed by atoms with Crippen molar-refractivity contribution in [2.75, 3.05) is 13.2 Å². The predicted molar refractivity (Wildman–Crippen MR) is 55.7 cm³/mol. The number of aliphatic carboxylic acids is 1. The fourth-order valence-electron chi connectivity index (χ4n) is 1.61. The molecule has 2 unspecified atom stereocenters. The molecule has 0 spiro atoms.